The molecular weight excluding hydrogens is 354 g/mol. The fraction of sp³-hybridized carbons (Fsp3) is 0.476. The van der Waals surface area contributed by atoms with E-state index in [1.54, 1.807) is 6.20 Å². The van der Waals surface area contributed by atoms with Gasteiger partial charge in [0.05, 0.1) is 6.61 Å². The average Bonchev–Trinajstić information content (AvgIpc) is 2.93. The van der Waals surface area contributed by atoms with Gasteiger partial charge in [-0.1, -0.05) is 6.08 Å². The first kappa shape index (κ1) is 18.7. The van der Waals surface area contributed by atoms with Crippen LogP contribution in [0, 0.1) is 6.92 Å². The fourth-order valence-corrected chi connectivity index (χ4v) is 3.83. The van der Waals surface area contributed by atoms with Gasteiger partial charge in [-0.2, -0.15) is 0 Å². The van der Waals surface area contributed by atoms with E-state index in [4.69, 9.17) is 4.74 Å². The zero-order valence-corrected chi connectivity index (χ0v) is 16.3. The van der Waals surface area contributed by atoms with Gasteiger partial charge < -0.3 is 19.9 Å². The van der Waals surface area contributed by atoms with Crippen LogP contribution in [0.25, 0.3) is 6.08 Å². The van der Waals surface area contributed by atoms with Crippen LogP contribution in [-0.2, 0) is 17.6 Å². The van der Waals surface area contributed by atoms with Crippen LogP contribution < -0.4 is 10.2 Å². The molecule has 0 bridgehead atoms. The van der Waals surface area contributed by atoms with Crippen molar-refractivity contribution >= 4 is 17.8 Å². The number of rotatable bonds is 5. The molecule has 4 rings (SSSR count). The number of nitrogens with zero attached hydrogens (tertiary/aromatic N) is 3. The number of aromatic amines is 1. The lowest BCUT2D eigenvalue weighted by Crippen LogP contribution is -2.32. The van der Waals surface area contributed by atoms with E-state index in [-0.39, 0.29) is 5.91 Å². The third kappa shape index (κ3) is 4.09. The molecule has 2 aromatic heterocycles. The maximum absolute atomic E-state index is 12.9. The van der Waals surface area contributed by atoms with Gasteiger partial charge in [0.1, 0.15) is 17.2 Å². The summed E-state index contributed by atoms with van der Waals surface area (Å²) in [7, 11) is 0. The van der Waals surface area contributed by atoms with Crippen molar-refractivity contribution in [3.63, 3.8) is 0 Å². The summed E-state index contributed by atoms with van der Waals surface area (Å²) in [4.78, 5) is 27.1. The molecule has 3 heterocycles. The first-order valence-electron chi connectivity index (χ1n) is 10.0. The van der Waals surface area contributed by atoms with Crippen molar-refractivity contribution in [3.8, 4) is 0 Å². The highest BCUT2D eigenvalue weighted by Gasteiger charge is 2.20. The van der Waals surface area contributed by atoms with Crippen LogP contribution in [0.2, 0.25) is 0 Å². The van der Waals surface area contributed by atoms with Crippen LogP contribution in [0.3, 0.4) is 0 Å². The molecule has 28 heavy (non-hydrogen) atoms. The van der Waals surface area contributed by atoms with Crippen LogP contribution in [0.4, 0.5) is 5.82 Å². The predicted octanol–water partition coefficient (Wildman–Crippen LogP) is 2.27. The number of carbonyl (C=O) groups excluding carboxylic acids is 1. The van der Waals surface area contributed by atoms with E-state index in [2.05, 4.69) is 43.5 Å². The largest absolute Gasteiger partial charge is 0.380 e. The van der Waals surface area contributed by atoms with Crippen LogP contribution in [0.5, 0.6) is 0 Å². The van der Waals surface area contributed by atoms with Gasteiger partial charge in [0.2, 0.25) is 0 Å². The number of hydrogen-bond donors (Lipinski definition) is 2. The lowest BCUT2D eigenvalue weighted by Gasteiger charge is -2.23. The summed E-state index contributed by atoms with van der Waals surface area (Å²) >= 11 is 0. The van der Waals surface area contributed by atoms with E-state index >= 15 is 0 Å². The van der Waals surface area contributed by atoms with Crippen molar-refractivity contribution in [3.05, 3.63) is 46.7 Å². The summed E-state index contributed by atoms with van der Waals surface area (Å²) in [5.41, 5.74) is 4.39. The first-order chi connectivity index (χ1) is 13.7. The third-order valence-electron chi connectivity index (χ3n) is 5.30. The van der Waals surface area contributed by atoms with Crippen LogP contribution in [-0.4, -0.2) is 53.7 Å². The van der Waals surface area contributed by atoms with Gasteiger partial charge in [-0.05, 0) is 49.8 Å². The van der Waals surface area contributed by atoms with Gasteiger partial charge in [0, 0.05) is 44.3 Å². The van der Waals surface area contributed by atoms with Gasteiger partial charge in [-0.3, -0.25) is 4.79 Å². The fourth-order valence-electron chi connectivity index (χ4n) is 3.83. The number of H-pyrrole nitrogens is 1. The second kappa shape index (κ2) is 8.56. The van der Waals surface area contributed by atoms with Crippen molar-refractivity contribution < 1.29 is 9.53 Å². The first-order valence-corrected chi connectivity index (χ1v) is 10.0. The minimum atomic E-state index is -0.121. The predicted molar refractivity (Wildman–Crippen MR) is 109 cm³/mol. The number of ether oxygens (including phenoxy) is 1. The Bertz CT molecular complexity index is 866. The Morgan fingerprint density at radius 1 is 1.36 bits per heavy atom. The zero-order chi connectivity index (χ0) is 19.3. The number of amides is 1. The Balaban J connectivity index is 1.43. The number of anilines is 1. The van der Waals surface area contributed by atoms with Crippen molar-refractivity contribution in [2.75, 3.05) is 37.7 Å². The summed E-state index contributed by atoms with van der Waals surface area (Å²) in [5, 5.41) is 3.05. The standard InChI is InChI=1S/C21H27N5O2/c1-15-23-14-18(20(25-15)26-9-4-11-28-12-10-26)21(27)22-8-7-16-13-24-19-6-3-2-5-17(16)19/h3,6,13-14,24H,2,4-5,7-12H2,1H3,(H,22,27). The van der Waals surface area contributed by atoms with E-state index in [9.17, 15) is 4.79 Å². The molecule has 1 aliphatic carbocycles. The van der Waals surface area contributed by atoms with Gasteiger partial charge in [-0.15, -0.1) is 0 Å². The molecule has 2 aliphatic rings. The minimum absolute atomic E-state index is 0.121. The molecule has 7 nitrogen and oxygen atoms in total. The summed E-state index contributed by atoms with van der Waals surface area (Å²) in [6, 6.07) is 0. The molecular formula is C21H27N5O2. The number of aryl methyl sites for hydroxylation is 1. The Kier molecular flexibility index (Phi) is 5.71. The second-order valence-electron chi connectivity index (χ2n) is 7.26. The molecule has 1 aliphatic heterocycles. The maximum atomic E-state index is 12.9. The highest BCUT2D eigenvalue weighted by Crippen LogP contribution is 2.23. The van der Waals surface area contributed by atoms with Crippen molar-refractivity contribution in [1.82, 2.24) is 20.3 Å². The highest BCUT2D eigenvalue weighted by atomic mass is 16.5. The smallest absolute Gasteiger partial charge is 0.256 e. The van der Waals surface area contributed by atoms with Gasteiger partial charge >= 0.3 is 0 Å². The van der Waals surface area contributed by atoms with Crippen LogP contribution in [0.15, 0.2) is 18.5 Å². The van der Waals surface area contributed by atoms with E-state index in [0.717, 1.165) is 45.4 Å². The molecule has 1 saturated heterocycles. The quantitative estimate of drug-likeness (QED) is 0.830. The topological polar surface area (TPSA) is 83.1 Å². The van der Waals surface area contributed by atoms with Gasteiger partial charge in [0.15, 0.2) is 0 Å². The number of aromatic nitrogens is 3. The monoisotopic (exact) mass is 381 g/mol. The molecule has 148 valence electrons. The van der Waals surface area contributed by atoms with E-state index in [0.29, 0.717) is 30.4 Å². The summed E-state index contributed by atoms with van der Waals surface area (Å²) in [6.07, 6.45) is 11.9. The maximum Gasteiger partial charge on any atom is 0.256 e. The number of fused-ring (bicyclic) bond motifs is 1. The Labute approximate surface area is 165 Å². The molecule has 0 spiro atoms. The number of hydrogen-bond acceptors (Lipinski definition) is 5. The van der Waals surface area contributed by atoms with E-state index in [1.165, 1.54) is 16.8 Å². The number of carbonyl (C=O) groups is 1. The molecule has 0 unspecified atom stereocenters. The molecule has 0 saturated carbocycles. The summed E-state index contributed by atoms with van der Waals surface area (Å²) in [6.45, 7) is 5.40. The molecule has 2 N–H and O–H groups in total. The average molecular weight is 381 g/mol. The van der Waals surface area contributed by atoms with Crippen molar-refractivity contribution in [1.29, 1.82) is 0 Å². The molecule has 0 radical (unpaired) electrons. The SMILES string of the molecule is Cc1ncc(C(=O)NCCc2c[nH]c3c2CCC=C3)c(N2CCCOCC2)n1. The molecule has 7 heteroatoms. The van der Waals surface area contributed by atoms with E-state index < -0.39 is 0 Å². The molecule has 2 aromatic rings. The Morgan fingerprint density at radius 2 is 2.29 bits per heavy atom. The van der Waals surface area contributed by atoms with Crippen LogP contribution >= 0.6 is 0 Å². The summed E-state index contributed by atoms with van der Waals surface area (Å²) < 4.78 is 5.54. The normalized spacial score (nSPS) is 16.5. The lowest BCUT2D eigenvalue weighted by molar-refractivity contribution is 0.0953. The molecule has 1 fully saturated rings. The third-order valence-corrected chi connectivity index (χ3v) is 5.30. The molecule has 0 atom stereocenters. The zero-order valence-electron chi connectivity index (χ0n) is 16.3. The van der Waals surface area contributed by atoms with Gasteiger partial charge in [0.25, 0.3) is 5.91 Å². The van der Waals surface area contributed by atoms with E-state index in [1.807, 2.05) is 6.92 Å². The van der Waals surface area contributed by atoms with Gasteiger partial charge in [-0.25, -0.2) is 9.97 Å². The Hall–Kier alpha value is -2.67. The minimum Gasteiger partial charge on any atom is -0.380 e. The number of allylic oxidation sites excluding steroid dienone is 1. The van der Waals surface area contributed by atoms with Crippen molar-refractivity contribution in [2.45, 2.75) is 32.6 Å². The Morgan fingerprint density at radius 3 is 3.21 bits per heavy atom. The summed E-state index contributed by atoms with van der Waals surface area (Å²) in [5.74, 6) is 1.26. The number of nitrogens with one attached hydrogen (secondary N) is 2. The molecule has 1 amide bonds. The van der Waals surface area contributed by atoms with Crippen molar-refractivity contribution in [2.24, 2.45) is 0 Å². The van der Waals surface area contributed by atoms with Crippen LogP contribution in [0.1, 0.15) is 45.8 Å². The highest BCUT2D eigenvalue weighted by molar-refractivity contribution is 5.98. The second-order valence-corrected chi connectivity index (χ2v) is 7.26. The molecule has 0 aromatic carbocycles. The lowest BCUT2D eigenvalue weighted by atomic mass is 9.99.